The number of anilines is 4. The molecule has 3 N–H and O–H groups in total. The minimum absolute atomic E-state index is 0.198. The minimum Gasteiger partial charge on any atom is -0.371 e. The van der Waals surface area contributed by atoms with E-state index in [-0.39, 0.29) is 23.4 Å². The normalized spacial score (nSPS) is 14.8. The Hall–Kier alpha value is -3.41. The minimum atomic E-state index is -4.40. The highest BCUT2D eigenvalue weighted by Gasteiger charge is 2.41. The zero-order valence-electron chi connectivity index (χ0n) is 20.9. The van der Waals surface area contributed by atoms with Gasteiger partial charge in [0, 0.05) is 39.5 Å². The molecule has 1 amide bonds. The monoisotopic (exact) mass is 548 g/mol. The maximum absolute atomic E-state index is 13.1. The highest BCUT2D eigenvalue weighted by Crippen LogP contribution is 2.29. The Morgan fingerprint density at radius 3 is 2.58 bits per heavy atom. The fraction of sp³-hybridized carbons (Fsp3) is 0.346. The van der Waals surface area contributed by atoms with Crippen LogP contribution in [0.3, 0.4) is 0 Å². The fourth-order valence-corrected chi connectivity index (χ4v) is 4.41. The Bertz CT molecular complexity index is 1290. The van der Waals surface area contributed by atoms with Gasteiger partial charge in [0.1, 0.15) is 5.02 Å². The van der Waals surface area contributed by atoms with Crippen LogP contribution in [-0.4, -0.2) is 66.8 Å². The van der Waals surface area contributed by atoms with Crippen LogP contribution in [0, 0.1) is 0 Å². The Labute approximate surface area is 223 Å². The first-order valence-corrected chi connectivity index (χ1v) is 12.4. The summed E-state index contributed by atoms with van der Waals surface area (Å²) >= 11 is 6.32. The lowest BCUT2D eigenvalue weighted by atomic mass is 10.0. The first-order chi connectivity index (χ1) is 18.2. The van der Waals surface area contributed by atoms with E-state index < -0.39 is 12.3 Å². The molecule has 1 aliphatic rings. The number of amides is 1. The molecule has 1 atom stereocenters. The van der Waals surface area contributed by atoms with E-state index in [0.717, 1.165) is 23.9 Å². The number of fused-ring (bicyclic) bond motifs is 1. The first-order valence-electron chi connectivity index (χ1n) is 12.0. The molecule has 12 heteroatoms. The SMILES string of the molecule is CNC(=O)c1ccccc1Nc1nc(Nc2ccc3c(c2)CCN(CC(OC)C(F)(F)F)CC3)ncc1Cl. The van der Waals surface area contributed by atoms with Crippen molar-refractivity contribution in [2.24, 2.45) is 0 Å². The van der Waals surface area contributed by atoms with Gasteiger partial charge in [-0.15, -0.1) is 0 Å². The fourth-order valence-electron chi connectivity index (χ4n) is 4.27. The predicted octanol–water partition coefficient (Wildman–Crippen LogP) is 4.95. The number of rotatable bonds is 8. The third-order valence-corrected chi connectivity index (χ3v) is 6.60. The summed E-state index contributed by atoms with van der Waals surface area (Å²) in [6.07, 6.45) is -3.52. The molecule has 1 aromatic heterocycles. The van der Waals surface area contributed by atoms with E-state index >= 15 is 0 Å². The number of carbonyl (C=O) groups is 1. The number of methoxy groups -OCH3 is 1. The van der Waals surface area contributed by atoms with Crippen LogP contribution in [0.5, 0.6) is 0 Å². The lowest BCUT2D eigenvalue weighted by Gasteiger charge is -2.26. The van der Waals surface area contributed by atoms with Gasteiger partial charge in [-0.25, -0.2) is 4.98 Å². The summed E-state index contributed by atoms with van der Waals surface area (Å²) in [6, 6.07) is 12.8. The third kappa shape index (κ3) is 6.72. The molecule has 202 valence electrons. The quantitative estimate of drug-likeness (QED) is 0.367. The third-order valence-electron chi connectivity index (χ3n) is 6.33. The van der Waals surface area contributed by atoms with Crippen molar-refractivity contribution < 1.29 is 22.7 Å². The van der Waals surface area contributed by atoms with Crippen LogP contribution < -0.4 is 16.0 Å². The second-order valence-electron chi connectivity index (χ2n) is 8.81. The highest BCUT2D eigenvalue weighted by atomic mass is 35.5. The van der Waals surface area contributed by atoms with Crippen LogP contribution in [0.25, 0.3) is 0 Å². The van der Waals surface area contributed by atoms with Gasteiger partial charge in [0.15, 0.2) is 11.9 Å². The molecule has 0 saturated carbocycles. The van der Waals surface area contributed by atoms with Crippen LogP contribution in [0.1, 0.15) is 21.5 Å². The summed E-state index contributed by atoms with van der Waals surface area (Å²) in [5, 5.41) is 9.14. The van der Waals surface area contributed by atoms with E-state index in [4.69, 9.17) is 11.6 Å². The molecule has 8 nitrogen and oxygen atoms in total. The van der Waals surface area contributed by atoms with E-state index in [2.05, 4.69) is 30.7 Å². The average molecular weight is 549 g/mol. The van der Waals surface area contributed by atoms with Gasteiger partial charge >= 0.3 is 6.18 Å². The molecular weight excluding hydrogens is 521 g/mol. The Kier molecular flexibility index (Phi) is 8.70. The summed E-state index contributed by atoms with van der Waals surface area (Å²) in [5.41, 5.74) is 3.84. The number of hydrogen-bond acceptors (Lipinski definition) is 7. The van der Waals surface area contributed by atoms with E-state index in [0.29, 0.717) is 43.0 Å². The van der Waals surface area contributed by atoms with Crippen molar-refractivity contribution in [1.82, 2.24) is 20.2 Å². The van der Waals surface area contributed by atoms with Gasteiger partial charge in [-0.05, 0) is 48.2 Å². The van der Waals surface area contributed by atoms with Crippen molar-refractivity contribution >= 4 is 40.6 Å². The number of nitrogens with one attached hydrogen (secondary N) is 3. The van der Waals surface area contributed by atoms with Crippen molar-refractivity contribution in [2.75, 3.05) is 44.4 Å². The lowest BCUT2D eigenvalue weighted by molar-refractivity contribution is -0.216. The number of carbonyl (C=O) groups excluding carboxylic acids is 1. The van der Waals surface area contributed by atoms with Gasteiger partial charge < -0.3 is 20.7 Å². The molecule has 2 heterocycles. The van der Waals surface area contributed by atoms with E-state index in [9.17, 15) is 18.0 Å². The number of nitrogens with zero attached hydrogens (tertiary/aromatic N) is 3. The van der Waals surface area contributed by atoms with Gasteiger partial charge in [-0.1, -0.05) is 29.8 Å². The molecule has 2 aromatic carbocycles. The van der Waals surface area contributed by atoms with Crippen molar-refractivity contribution in [1.29, 1.82) is 0 Å². The summed E-state index contributed by atoms with van der Waals surface area (Å²) in [7, 11) is 2.64. The number of halogens is 4. The number of hydrogen-bond donors (Lipinski definition) is 3. The molecule has 38 heavy (non-hydrogen) atoms. The summed E-state index contributed by atoms with van der Waals surface area (Å²) in [6.45, 7) is 0.807. The highest BCUT2D eigenvalue weighted by molar-refractivity contribution is 6.33. The van der Waals surface area contributed by atoms with E-state index in [1.807, 2.05) is 18.2 Å². The second kappa shape index (κ2) is 12.0. The summed E-state index contributed by atoms with van der Waals surface area (Å²) in [5.74, 6) is 0.359. The van der Waals surface area contributed by atoms with Gasteiger partial charge in [0.05, 0.1) is 17.4 Å². The van der Waals surface area contributed by atoms with Gasteiger partial charge in [-0.2, -0.15) is 18.2 Å². The maximum Gasteiger partial charge on any atom is 0.415 e. The molecule has 0 saturated heterocycles. The van der Waals surface area contributed by atoms with Crippen molar-refractivity contribution in [3.05, 3.63) is 70.4 Å². The van der Waals surface area contributed by atoms with Crippen molar-refractivity contribution in [2.45, 2.75) is 25.1 Å². The Balaban J connectivity index is 1.47. The number of para-hydroxylation sites is 1. The zero-order chi connectivity index (χ0) is 27.3. The molecule has 1 unspecified atom stereocenters. The van der Waals surface area contributed by atoms with Crippen LogP contribution in [0.4, 0.5) is 36.3 Å². The molecule has 0 spiro atoms. The number of benzene rings is 2. The summed E-state index contributed by atoms with van der Waals surface area (Å²) in [4.78, 5) is 22.7. The van der Waals surface area contributed by atoms with Crippen LogP contribution in [-0.2, 0) is 17.6 Å². The molecule has 1 aliphatic heterocycles. The Morgan fingerprint density at radius 2 is 1.87 bits per heavy atom. The number of ether oxygens (including phenoxy) is 1. The smallest absolute Gasteiger partial charge is 0.371 e. The standard InChI is InChI=1S/C26H28ClF3N6O2/c1-31-24(37)19-5-3-4-6-21(19)34-23-20(27)14-32-25(35-23)33-18-8-7-16-9-11-36(12-10-17(16)13-18)15-22(38-2)26(28,29)30/h3-8,13-14,22H,9-12,15H2,1-2H3,(H,31,37)(H2,32,33,34,35). The molecule has 0 aliphatic carbocycles. The van der Waals surface area contributed by atoms with Crippen LogP contribution >= 0.6 is 11.6 Å². The number of alkyl halides is 3. The predicted molar refractivity (Wildman–Crippen MR) is 141 cm³/mol. The number of aromatic nitrogens is 2. The van der Waals surface area contributed by atoms with E-state index in [1.165, 1.54) is 6.20 Å². The van der Waals surface area contributed by atoms with Crippen LogP contribution in [0.15, 0.2) is 48.7 Å². The maximum atomic E-state index is 13.1. The molecule has 0 radical (unpaired) electrons. The van der Waals surface area contributed by atoms with Crippen molar-refractivity contribution in [3.8, 4) is 0 Å². The molecular formula is C26H28ClF3N6O2. The second-order valence-corrected chi connectivity index (χ2v) is 9.22. The molecule has 3 aromatic rings. The zero-order valence-corrected chi connectivity index (χ0v) is 21.7. The molecule has 0 bridgehead atoms. The topological polar surface area (TPSA) is 91.4 Å². The van der Waals surface area contributed by atoms with Crippen LogP contribution in [0.2, 0.25) is 5.02 Å². The molecule has 0 fully saturated rings. The first kappa shape index (κ1) is 27.6. The van der Waals surface area contributed by atoms with Gasteiger partial charge in [0.25, 0.3) is 5.91 Å². The average Bonchev–Trinajstić information content (AvgIpc) is 3.10. The van der Waals surface area contributed by atoms with E-state index in [1.54, 1.807) is 36.2 Å². The van der Waals surface area contributed by atoms with Gasteiger partial charge in [-0.3, -0.25) is 9.69 Å². The Morgan fingerprint density at radius 1 is 1.13 bits per heavy atom. The lowest BCUT2D eigenvalue weighted by Crippen LogP contribution is -2.43. The van der Waals surface area contributed by atoms with Crippen molar-refractivity contribution in [3.63, 3.8) is 0 Å². The summed E-state index contributed by atoms with van der Waals surface area (Å²) < 4.78 is 44.1. The molecule has 4 rings (SSSR count). The van der Waals surface area contributed by atoms with Gasteiger partial charge in [0.2, 0.25) is 5.95 Å². The largest absolute Gasteiger partial charge is 0.415 e.